The van der Waals surface area contributed by atoms with Crippen molar-refractivity contribution in [2.45, 2.75) is 38.5 Å². The van der Waals surface area contributed by atoms with Crippen molar-refractivity contribution in [1.82, 2.24) is 9.88 Å². The Kier molecular flexibility index (Phi) is 4.79. The van der Waals surface area contributed by atoms with Crippen LogP contribution in [0, 0.1) is 5.92 Å². The minimum absolute atomic E-state index is 0.0322. The molecule has 1 fully saturated rings. The van der Waals surface area contributed by atoms with E-state index in [1.165, 1.54) is 5.56 Å². The number of rotatable bonds is 7. The van der Waals surface area contributed by atoms with Gasteiger partial charge in [0, 0.05) is 25.3 Å². The lowest BCUT2D eigenvalue weighted by atomic mass is 9.92. The van der Waals surface area contributed by atoms with Crippen LogP contribution >= 0.6 is 0 Å². The first-order chi connectivity index (χ1) is 11.1. The van der Waals surface area contributed by atoms with Gasteiger partial charge in [0.05, 0.1) is 12.3 Å². The van der Waals surface area contributed by atoms with Crippen molar-refractivity contribution in [3.63, 3.8) is 0 Å². The second kappa shape index (κ2) is 6.98. The molecule has 0 aromatic carbocycles. The molecule has 3 rings (SSSR count). The van der Waals surface area contributed by atoms with Crippen molar-refractivity contribution < 1.29 is 14.7 Å². The molecule has 23 heavy (non-hydrogen) atoms. The van der Waals surface area contributed by atoms with Crippen LogP contribution in [0.25, 0.3) is 0 Å². The lowest BCUT2D eigenvalue weighted by Crippen LogP contribution is -2.52. The number of carboxylic acids is 1. The second-order valence-corrected chi connectivity index (χ2v) is 6.36. The molecular weight excluding hydrogens is 294 g/mol. The second-order valence-electron chi connectivity index (χ2n) is 6.36. The highest BCUT2D eigenvalue weighted by molar-refractivity contribution is 5.85. The maximum Gasteiger partial charge on any atom is 0.305 e. The molecule has 0 radical (unpaired) electrons. The van der Waals surface area contributed by atoms with E-state index < -0.39 is 5.97 Å². The molecule has 1 atom stereocenters. The minimum Gasteiger partial charge on any atom is -0.481 e. The number of β-lactam (4-membered cyclic amide) rings is 1. The number of nitrogens with one attached hydrogen (secondary N) is 1. The molecule has 2 aliphatic rings. The van der Waals surface area contributed by atoms with Crippen LogP contribution in [0.1, 0.15) is 36.9 Å². The average molecular weight is 317 g/mol. The fourth-order valence-corrected chi connectivity index (χ4v) is 3.26. The summed E-state index contributed by atoms with van der Waals surface area (Å²) in [7, 11) is 0. The maximum absolute atomic E-state index is 11.9. The van der Waals surface area contributed by atoms with Gasteiger partial charge in [0.25, 0.3) is 0 Å². The van der Waals surface area contributed by atoms with Crippen LogP contribution in [0.4, 0.5) is 5.82 Å². The Morgan fingerprint density at radius 1 is 1.43 bits per heavy atom. The molecule has 1 aromatic rings. The van der Waals surface area contributed by atoms with Crippen LogP contribution in [0.2, 0.25) is 0 Å². The van der Waals surface area contributed by atoms with E-state index in [1.54, 1.807) is 4.90 Å². The number of likely N-dealkylation sites (tertiary alicyclic amines) is 1. The summed E-state index contributed by atoms with van der Waals surface area (Å²) < 4.78 is 0. The lowest BCUT2D eigenvalue weighted by molar-refractivity contribution is -0.149. The van der Waals surface area contributed by atoms with Crippen molar-refractivity contribution in [1.29, 1.82) is 0 Å². The van der Waals surface area contributed by atoms with E-state index in [0.717, 1.165) is 50.2 Å². The third-order valence-electron chi connectivity index (χ3n) is 4.63. The molecule has 3 heterocycles. The monoisotopic (exact) mass is 317 g/mol. The Balaban J connectivity index is 1.40. The van der Waals surface area contributed by atoms with Crippen LogP contribution in [0.5, 0.6) is 0 Å². The van der Waals surface area contributed by atoms with Crippen molar-refractivity contribution in [3.05, 3.63) is 23.4 Å². The summed E-state index contributed by atoms with van der Waals surface area (Å²) in [6.07, 6.45) is 4.97. The predicted molar refractivity (Wildman–Crippen MR) is 86.3 cm³/mol. The number of anilines is 1. The number of pyridine rings is 1. The molecule has 2 aliphatic heterocycles. The van der Waals surface area contributed by atoms with E-state index in [-0.39, 0.29) is 18.2 Å². The summed E-state index contributed by atoms with van der Waals surface area (Å²) in [5.41, 5.74) is 2.37. The van der Waals surface area contributed by atoms with E-state index in [1.807, 2.05) is 0 Å². The maximum atomic E-state index is 11.9. The number of aryl methyl sites for hydroxylation is 2. The van der Waals surface area contributed by atoms with Gasteiger partial charge < -0.3 is 15.3 Å². The first kappa shape index (κ1) is 15.8. The van der Waals surface area contributed by atoms with Gasteiger partial charge in [0.1, 0.15) is 5.82 Å². The summed E-state index contributed by atoms with van der Waals surface area (Å²) in [6, 6.07) is 4.25. The first-order valence-corrected chi connectivity index (χ1v) is 8.37. The van der Waals surface area contributed by atoms with Crippen molar-refractivity contribution in [2.75, 3.05) is 25.0 Å². The van der Waals surface area contributed by atoms with Gasteiger partial charge in [-0.25, -0.2) is 4.98 Å². The quantitative estimate of drug-likeness (QED) is 0.748. The molecular formula is C17H23N3O3. The number of amides is 1. The molecule has 0 bridgehead atoms. The largest absolute Gasteiger partial charge is 0.481 e. The lowest BCUT2D eigenvalue weighted by Gasteiger charge is -2.38. The zero-order chi connectivity index (χ0) is 16.2. The third-order valence-corrected chi connectivity index (χ3v) is 4.63. The minimum atomic E-state index is -0.853. The van der Waals surface area contributed by atoms with Gasteiger partial charge in [0.2, 0.25) is 5.91 Å². The number of fused-ring (bicyclic) bond motifs is 1. The zero-order valence-corrected chi connectivity index (χ0v) is 13.3. The molecule has 6 heteroatoms. The predicted octanol–water partition coefficient (Wildman–Crippen LogP) is 1.70. The summed E-state index contributed by atoms with van der Waals surface area (Å²) in [6.45, 7) is 2.03. The number of carbonyl (C=O) groups excluding carboxylic acids is 1. The van der Waals surface area contributed by atoms with Crippen molar-refractivity contribution in [3.8, 4) is 0 Å². The Hall–Kier alpha value is -2.11. The van der Waals surface area contributed by atoms with Crippen molar-refractivity contribution >= 4 is 17.7 Å². The smallest absolute Gasteiger partial charge is 0.305 e. The van der Waals surface area contributed by atoms with Crippen LogP contribution < -0.4 is 5.32 Å². The highest BCUT2D eigenvalue weighted by Gasteiger charge is 2.35. The first-order valence-electron chi connectivity index (χ1n) is 8.37. The number of carboxylic acid groups (broad SMARTS) is 1. The SMILES string of the molecule is O=C(O)CCN1CC(CCCc2ccc3c(n2)NCCC3)C1=O. The number of aromatic nitrogens is 1. The van der Waals surface area contributed by atoms with Gasteiger partial charge in [-0.1, -0.05) is 6.07 Å². The number of hydrogen-bond donors (Lipinski definition) is 2. The Morgan fingerprint density at radius 2 is 2.30 bits per heavy atom. The van der Waals surface area contributed by atoms with Gasteiger partial charge in [-0.2, -0.15) is 0 Å². The standard InChI is InChI=1S/C17H23N3O3/c21-15(22)8-10-20-11-13(17(20)23)3-1-5-14-7-6-12-4-2-9-18-16(12)19-14/h6-7,13H,1-5,8-11H2,(H,18,19)(H,21,22). The molecule has 2 N–H and O–H groups in total. The molecule has 1 aromatic heterocycles. The van der Waals surface area contributed by atoms with E-state index in [0.29, 0.717) is 13.1 Å². The molecule has 1 amide bonds. The fraction of sp³-hybridized carbons (Fsp3) is 0.588. The van der Waals surface area contributed by atoms with Crippen LogP contribution in [-0.2, 0) is 22.4 Å². The number of carbonyl (C=O) groups is 2. The molecule has 6 nitrogen and oxygen atoms in total. The number of hydrogen-bond acceptors (Lipinski definition) is 4. The van der Waals surface area contributed by atoms with Crippen LogP contribution in [0.15, 0.2) is 12.1 Å². The normalized spacial score (nSPS) is 19.7. The van der Waals surface area contributed by atoms with Gasteiger partial charge >= 0.3 is 5.97 Å². The average Bonchev–Trinajstić information content (AvgIpc) is 2.55. The number of aliphatic carboxylic acids is 1. The van der Waals surface area contributed by atoms with E-state index in [4.69, 9.17) is 5.11 Å². The number of nitrogens with zero attached hydrogens (tertiary/aromatic N) is 2. The summed E-state index contributed by atoms with van der Waals surface area (Å²) >= 11 is 0. The highest BCUT2D eigenvalue weighted by atomic mass is 16.4. The third kappa shape index (κ3) is 3.81. The summed E-state index contributed by atoms with van der Waals surface area (Å²) in [5, 5.41) is 12.0. The molecule has 0 saturated carbocycles. The van der Waals surface area contributed by atoms with Gasteiger partial charge in [-0.05, 0) is 43.7 Å². The van der Waals surface area contributed by atoms with E-state index in [9.17, 15) is 9.59 Å². The Bertz CT molecular complexity index is 603. The van der Waals surface area contributed by atoms with Crippen LogP contribution in [0.3, 0.4) is 0 Å². The van der Waals surface area contributed by atoms with Gasteiger partial charge in [-0.15, -0.1) is 0 Å². The van der Waals surface area contributed by atoms with Crippen molar-refractivity contribution in [2.24, 2.45) is 5.92 Å². The zero-order valence-electron chi connectivity index (χ0n) is 13.3. The van der Waals surface area contributed by atoms with Crippen LogP contribution in [-0.4, -0.2) is 46.5 Å². The van der Waals surface area contributed by atoms with E-state index in [2.05, 4.69) is 22.4 Å². The molecule has 124 valence electrons. The van der Waals surface area contributed by atoms with E-state index >= 15 is 0 Å². The Morgan fingerprint density at radius 3 is 3.09 bits per heavy atom. The fourth-order valence-electron chi connectivity index (χ4n) is 3.26. The van der Waals surface area contributed by atoms with Gasteiger partial charge in [0.15, 0.2) is 0 Å². The highest BCUT2D eigenvalue weighted by Crippen LogP contribution is 2.24. The molecule has 0 spiro atoms. The summed E-state index contributed by atoms with van der Waals surface area (Å²) in [4.78, 5) is 28.7. The topological polar surface area (TPSA) is 82.5 Å². The molecule has 0 aliphatic carbocycles. The van der Waals surface area contributed by atoms with Gasteiger partial charge in [-0.3, -0.25) is 9.59 Å². The summed E-state index contributed by atoms with van der Waals surface area (Å²) in [5.74, 6) is 0.340. The molecule has 1 saturated heterocycles. The Labute approximate surface area is 135 Å². The molecule has 1 unspecified atom stereocenters.